The van der Waals surface area contributed by atoms with E-state index in [4.69, 9.17) is 5.73 Å². The van der Waals surface area contributed by atoms with Gasteiger partial charge >= 0.3 is 0 Å². The number of carbonyl (C=O) groups excluding carboxylic acids is 1. The summed E-state index contributed by atoms with van der Waals surface area (Å²) in [5, 5.41) is 0. The molecule has 0 aliphatic rings. The van der Waals surface area contributed by atoms with Crippen LogP contribution in [0.5, 0.6) is 0 Å². The molecule has 1 unspecified atom stereocenters. The van der Waals surface area contributed by atoms with E-state index in [9.17, 15) is 17.9 Å². The predicted molar refractivity (Wildman–Crippen MR) is 84.0 cm³/mol. The molecule has 2 N–H and O–H groups in total. The van der Waals surface area contributed by atoms with E-state index >= 15 is 0 Å². The van der Waals surface area contributed by atoms with E-state index in [-0.39, 0.29) is 16.5 Å². The first-order valence-electron chi connectivity index (χ1n) is 6.35. The molecular weight excluding hydrogens is 341 g/mol. The van der Waals surface area contributed by atoms with Gasteiger partial charge in [0.05, 0.1) is 16.0 Å². The number of fused-ring (bicyclic) bond motifs is 1. The summed E-state index contributed by atoms with van der Waals surface area (Å²) in [6.45, 7) is 0. The summed E-state index contributed by atoms with van der Waals surface area (Å²) >= 11 is -1.22. The molecule has 3 aromatic rings. The summed E-state index contributed by atoms with van der Waals surface area (Å²) in [7, 11) is 0. The van der Waals surface area contributed by atoms with Crippen LogP contribution in [0.15, 0.2) is 30.5 Å². The predicted octanol–water partition coefficient (Wildman–Crippen LogP) is 1.98. The average molecular weight is 350 g/mol. The second-order valence-corrected chi connectivity index (χ2v) is 6.57. The van der Waals surface area contributed by atoms with E-state index in [2.05, 4.69) is 9.97 Å². The van der Waals surface area contributed by atoms with Crippen LogP contribution >= 0.6 is 11.3 Å². The van der Waals surface area contributed by atoms with E-state index in [1.165, 1.54) is 30.5 Å². The van der Waals surface area contributed by atoms with Crippen molar-refractivity contribution in [1.82, 2.24) is 9.97 Å². The van der Waals surface area contributed by atoms with Crippen molar-refractivity contribution >= 4 is 38.5 Å². The van der Waals surface area contributed by atoms with Crippen LogP contribution in [0.25, 0.3) is 21.3 Å². The van der Waals surface area contributed by atoms with Gasteiger partial charge in [0.25, 0.3) is 5.91 Å². The second-order valence-electron chi connectivity index (χ2n) is 4.62. The summed E-state index contributed by atoms with van der Waals surface area (Å²) in [5.74, 6) is -1.27. The van der Waals surface area contributed by atoms with Crippen molar-refractivity contribution in [3.05, 3.63) is 47.0 Å². The van der Waals surface area contributed by atoms with Gasteiger partial charge in [0.1, 0.15) is 16.5 Å². The lowest BCUT2D eigenvalue weighted by atomic mass is 10.0. The number of primary amides is 1. The Hall–Kier alpha value is -2.23. The van der Waals surface area contributed by atoms with E-state index in [1.54, 1.807) is 0 Å². The molecule has 0 radical (unpaired) electrons. The summed E-state index contributed by atoms with van der Waals surface area (Å²) in [5.41, 5.74) is 6.86. The van der Waals surface area contributed by atoms with Gasteiger partial charge in [-0.3, -0.25) is 9.00 Å². The van der Waals surface area contributed by atoms with Crippen molar-refractivity contribution in [2.45, 2.75) is 5.75 Å². The lowest BCUT2D eigenvalue weighted by molar-refractivity contribution is 0.100. The van der Waals surface area contributed by atoms with Gasteiger partial charge in [-0.15, -0.1) is 11.3 Å². The fourth-order valence-corrected chi connectivity index (χ4v) is 3.50. The molecule has 0 fully saturated rings. The van der Waals surface area contributed by atoms with Crippen LogP contribution in [0.2, 0.25) is 0 Å². The number of nitrogens with zero attached hydrogens (tertiary/aromatic N) is 2. The molecule has 0 aliphatic carbocycles. The highest BCUT2D eigenvalue weighted by Crippen LogP contribution is 2.37. The Morgan fingerprint density at radius 3 is 2.65 bits per heavy atom. The van der Waals surface area contributed by atoms with Crippen molar-refractivity contribution < 1.29 is 17.9 Å². The van der Waals surface area contributed by atoms with E-state index in [0.29, 0.717) is 21.3 Å². The van der Waals surface area contributed by atoms with E-state index in [1.807, 2.05) is 0 Å². The van der Waals surface area contributed by atoms with Crippen molar-refractivity contribution in [3.63, 3.8) is 0 Å². The fraction of sp³-hybridized carbons (Fsp3) is 0.0714. The Morgan fingerprint density at radius 1 is 1.35 bits per heavy atom. The van der Waals surface area contributed by atoms with Crippen molar-refractivity contribution in [2.75, 3.05) is 0 Å². The molecule has 1 aromatic carbocycles. The maximum atomic E-state index is 13.1. The number of carbonyl (C=O) groups is 1. The molecule has 0 saturated heterocycles. The molecule has 0 spiro atoms. The third-order valence-electron chi connectivity index (χ3n) is 3.08. The van der Waals surface area contributed by atoms with E-state index in [0.717, 1.165) is 11.3 Å². The molecular formula is C14H9FN3O3S2-. The van der Waals surface area contributed by atoms with Gasteiger partial charge in [0.2, 0.25) is 0 Å². The minimum atomic E-state index is -2.33. The average Bonchev–Trinajstić information content (AvgIpc) is 2.86. The topological polar surface area (TPSA) is 109 Å². The molecule has 2 aromatic heterocycles. The highest BCUT2D eigenvalue weighted by atomic mass is 32.2. The number of hydrogen-bond donors (Lipinski definition) is 1. The quantitative estimate of drug-likeness (QED) is 0.724. The van der Waals surface area contributed by atoms with Gasteiger partial charge in [-0.05, 0) is 28.8 Å². The normalized spacial score (nSPS) is 12.4. The zero-order valence-corrected chi connectivity index (χ0v) is 13.1. The standard InChI is InChI=1S/C14H10FN3O3S2/c15-8-3-1-7(2-4-8)11-12-9(22-13(11)14(16)19)5-17-10(18-12)6-23(20)21/h1-5H,6H2,(H2,16,19)(H,20,21)/p-1. The van der Waals surface area contributed by atoms with Crippen LogP contribution in [0.4, 0.5) is 4.39 Å². The first-order chi connectivity index (χ1) is 11.0. The Bertz CT molecular complexity index is 925. The van der Waals surface area contributed by atoms with Gasteiger partial charge in [-0.2, -0.15) is 0 Å². The number of halogens is 1. The maximum absolute atomic E-state index is 13.1. The molecule has 1 amide bonds. The Labute approximate surface area is 136 Å². The van der Waals surface area contributed by atoms with Crippen LogP contribution in [-0.4, -0.2) is 24.6 Å². The monoisotopic (exact) mass is 350 g/mol. The zero-order valence-electron chi connectivity index (χ0n) is 11.5. The number of rotatable bonds is 4. The van der Waals surface area contributed by atoms with Crippen LogP contribution < -0.4 is 5.73 Å². The van der Waals surface area contributed by atoms with Crippen LogP contribution in [0, 0.1) is 5.82 Å². The SMILES string of the molecule is NC(=O)c1sc2cnc(CS(=O)[O-])nc2c1-c1ccc(F)cc1. The first kappa shape index (κ1) is 15.7. The lowest BCUT2D eigenvalue weighted by Crippen LogP contribution is -2.10. The number of benzene rings is 1. The fourth-order valence-electron chi connectivity index (χ4n) is 2.16. The zero-order chi connectivity index (χ0) is 16.6. The molecule has 23 heavy (non-hydrogen) atoms. The Morgan fingerprint density at radius 2 is 2.04 bits per heavy atom. The van der Waals surface area contributed by atoms with E-state index < -0.39 is 22.8 Å². The molecule has 6 nitrogen and oxygen atoms in total. The van der Waals surface area contributed by atoms with Crippen molar-refractivity contribution in [2.24, 2.45) is 5.73 Å². The largest absolute Gasteiger partial charge is 0.772 e. The molecule has 2 heterocycles. The maximum Gasteiger partial charge on any atom is 0.259 e. The molecule has 0 saturated carbocycles. The number of nitrogens with two attached hydrogens (primary N) is 1. The third-order valence-corrected chi connectivity index (χ3v) is 4.71. The first-order valence-corrected chi connectivity index (χ1v) is 8.42. The van der Waals surface area contributed by atoms with Crippen molar-refractivity contribution in [3.8, 4) is 11.1 Å². The van der Waals surface area contributed by atoms with Crippen molar-refractivity contribution in [1.29, 1.82) is 0 Å². The molecule has 118 valence electrons. The van der Waals surface area contributed by atoms with Gasteiger partial charge in [-0.1, -0.05) is 12.1 Å². The Kier molecular flexibility index (Phi) is 4.16. The summed E-state index contributed by atoms with van der Waals surface area (Å²) < 4.78 is 35.4. The van der Waals surface area contributed by atoms with Gasteiger partial charge in [0.15, 0.2) is 0 Å². The summed E-state index contributed by atoms with van der Waals surface area (Å²) in [6, 6.07) is 5.55. The highest BCUT2D eigenvalue weighted by Gasteiger charge is 2.20. The van der Waals surface area contributed by atoms with Gasteiger partial charge < -0.3 is 10.3 Å². The second kappa shape index (κ2) is 6.11. The van der Waals surface area contributed by atoms with Crippen LogP contribution in [0.3, 0.4) is 0 Å². The molecule has 0 bridgehead atoms. The molecule has 1 atom stereocenters. The third kappa shape index (κ3) is 3.11. The lowest BCUT2D eigenvalue weighted by Gasteiger charge is -2.05. The minimum Gasteiger partial charge on any atom is -0.772 e. The number of aromatic nitrogens is 2. The van der Waals surface area contributed by atoms with Crippen LogP contribution in [0.1, 0.15) is 15.5 Å². The van der Waals surface area contributed by atoms with Crippen LogP contribution in [-0.2, 0) is 16.8 Å². The minimum absolute atomic E-state index is 0.114. The van der Waals surface area contributed by atoms with Gasteiger partial charge in [-0.25, -0.2) is 14.4 Å². The Balaban J connectivity index is 2.26. The number of thiophene rings is 1. The summed E-state index contributed by atoms with van der Waals surface area (Å²) in [6.07, 6.45) is 1.45. The molecule has 0 aliphatic heterocycles. The number of amides is 1. The molecule has 9 heteroatoms. The molecule has 3 rings (SSSR count). The smallest absolute Gasteiger partial charge is 0.259 e. The highest BCUT2D eigenvalue weighted by molar-refractivity contribution is 7.78. The van der Waals surface area contributed by atoms with Gasteiger partial charge in [0, 0.05) is 11.8 Å². The number of hydrogen-bond acceptors (Lipinski definition) is 6. The summed E-state index contributed by atoms with van der Waals surface area (Å²) in [4.78, 5) is 20.2.